The number of rotatable bonds is 6. The van der Waals surface area contributed by atoms with Crippen molar-refractivity contribution in [2.75, 3.05) is 14.2 Å². The summed E-state index contributed by atoms with van der Waals surface area (Å²) in [5, 5.41) is 0. The Morgan fingerprint density at radius 3 is 2.71 bits per heavy atom. The molecule has 110 valence electrons. The molecular formula is C15H14O6. The number of aldehydes is 1. The van der Waals surface area contributed by atoms with Crippen LogP contribution in [0.25, 0.3) is 0 Å². The van der Waals surface area contributed by atoms with Crippen LogP contribution in [0.15, 0.2) is 34.7 Å². The maximum absolute atomic E-state index is 11.3. The van der Waals surface area contributed by atoms with E-state index in [1.807, 2.05) is 0 Å². The fourth-order valence-corrected chi connectivity index (χ4v) is 1.69. The average Bonchev–Trinajstić information content (AvgIpc) is 3.00. The Labute approximate surface area is 121 Å². The zero-order valence-electron chi connectivity index (χ0n) is 11.6. The summed E-state index contributed by atoms with van der Waals surface area (Å²) in [5.41, 5.74) is 0.370. The van der Waals surface area contributed by atoms with Gasteiger partial charge in [0, 0.05) is 0 Å². The number of carbonyl (C=O) groups excluding carboxylic acids is 2. The summed E-state index contributed by atoms with van der Waals surface area (Å²) in [6, 6.07) is 8.00. The molecule has 0 aliphatic rings. The molecule has 0 bridgehead atoms. The van der Waals surface area contributed by atoms with E-state index in [4.69, 9.17) is 13.9 Å². The summed E-state index contributed by atoms with van der Waals surface area (Å²) in [6.07, 6.45) is 0.680. The van der Waals surface area contributed by atoms with Gasteiger partial charge in [0.05, 0.1) is 19.8 Å². The Bertz CT molecular complexity index is 643. The Balaban J connectivity index is 2.07. The number of carbonyl (C=O) groups is 2. The second-order valence-corrected chi connectivity index (χ2v) is 4.07. The van der Waals surface area contributed by atoms with Gasteiger partial charge in [-0.15, -0.1) is 0 Å². The quantitative estimate of drug-likeness (QED) is 0.601. The average molecular weight is 290 g/mol. The molecule has 0 radical (unpaired) electrons. The first-order chi connectivity index (χ1) is 10.2. The lowest BCUT2D eigenvalue weighted by Crippen LogP contribution is -2.00. The van der Waals surface area contributed by atoms with Gasteiger partial charge in [0.2, 0.25) is 5.76 Å². The van der Waals surface area contributed by atoms with Gasteiger partial charge in [-0.1, -0.05) is 0 Å². The van der Waals surface area contributed by atoms with E-state index in [1.165, 1.54) is 20.3 Å². The zero-order valence-corrected chi connectivity index (χ0v) is 11.6. The Morgan fingerprint density at radius 2 is 2.05 bits per heavy atom. The van der Waals surface area contributed by atoms with Gasteiger partial charge >= 0.3 is 5.97 Å². The van der Waals surface area contributed by atoms with Gasteiger partial charge in [0.25, 0.3) is 0 Å². The lowest BCUT2D eigenvalue weighted by atomic mass is 10.2. The van der Waals surface area contributed by atoms with Crippen molar-refractivity contribution in [1.29, 1.82) is 0 Å². The molecule has 0 aliphatic carbocycles. The molecule has 0 amide bonds. The maximum Gasteiger partial charge on any atom is 0.373 e. The molecule has 6 heteroatoms. The highest BCUT2D eigenvalue weighted by atomic mass is 16.5. The van der Waals surface area contributed by atoms with Gasteiger partial charge in [-0.25, -0.2) is 4.79 Å². The third-order valence-electron chi connectivity index (χ3n) is 2.76. The van der Waals surface area contributed by atoms with E-state index in [1.54, 1.807) is 24.3 Å². The second-order valence-electron chi connectivity index (χ2n) is 4.07. The predicted molar refractivity (Wildman–Crippen MR) is 72.8 cm³/mol. The Morgan fingerprint density at radius 1 is 1.24 bits per heavy atom. The second kappa shape index (κ2) is 6.60. The van der Waals surface area contributed by atoms with Crippen LogP contribution in [0, 0.1) is 0 Å². The number of ether oxygens (including phenoxy) is 3. The summed E-state index contributed by atoms with van der Waals surface area (Å²) in [4.78, 5) is 22.3. The third-order valence-corrected chi connectivity index (χ3v) is 2.76. The van der Waals surface area contributed by atoms with Crippen molar-refractivity contribution in [3.05, 3.63) is 47.4 Å². The summed E-state index contributed by atoms with van der Waals surface area (Å²) in [5.74, 6) is 0.959. The molecule has 0 saturated carbocycles. The Kier molecular flexibility index (Phi) is 4.61. The highest BCUT2D eigenvalue weighted by Crippen LogP contribution is 2.23. The van der Waals surface area contributed by atoms with Crippen molar-refractivity contribution < 1.29 is 28.2 Å². The summed E-state index contributed by atoms with van der Waals surface area (Å²) in [7, 11) is 2.79. The highest BCUT2D eigenvalue weighted by Gasteiger charge is 2.12. The smallest absolute Gasteiger partial charge is 0.373 e. The van der Waals surface area contributed by atoms with Crippen LogP contribution in [0.3, 0.4) is 0 Å². The molecule has 2 rings (SSSR count). The van der Waals surface area contributed by atoms with Crippen molar-refractivity contribution in [2.24, 2.45) is 0 Å². The maximum atomic E-state index is 11.3. The first kappa shape index (κ1) is 14.6. The molecule has 6 nitrogen and oxygen atoms in total. The molecular weight excluding hydrogens is 276 g/mol. The summed E-state index contributed by atoms with van der Waals surface area (Å²) < 4.78 is 20.3. The van der Waals surface area contributed by atoms with Gasteiger partial charge < -0.3 is 18.6 Å². The number of benzene rings is 1. The molecule has 0 fully saturated rings. The van der Waals surface area contributed by atoms with Gasteiger partial charge in [-0.05, 0) is 30.3 Å². The van der Waals surface area contributed by atoms with E-state index in [0.717, 1.165) is 0 Å². The van der Waals surface area contributed by atoms with Gasteiger partial charge in [-0.3, -0.25) is 4.79 Å². The van der Waals surface area contributed by atoms with Crippen LogP contribution in [-0.2, 0) is 11.3 Å². The minimum absolute atomic E-state index is 0.0875. The predicted octanol–water partition coefficient (Wildman–Crippen LogP) is 2.47. The molecule has 1 heterocycles. The number of methoxy groups -OCH3 is 2. The van der Waals surface area contributed by atoms with E-state index in [9.17, 15) is 9.59 Å². The lowest BCUT2D eigenvalue weighted by Gasteiger charge is -2.08. The molecule has 21 heavy (non-hydrogen) atoms. The van der Waals surface area contributed by atoms with Crippen LogP contribution >= 0.6 is 0 Å². The van der Waals surface area contributed by atoms with Gasteiger partial charge in [0.15, 0.2) is 6.29 Å². The third kappa shape index (κ3) is 3.42. The summed E-state index contributed by atoms with van der Waals surface area (Å²) in [6.45, 7) is 0.0875. The fourth-order valence-electron chi connectivity index (χ4n) is 1.69. The Hall–Kier alpha value is -2.76. The van der Waals surface area contributed by atoms with Crippen LogP contribution in [0.4, 0.5) is 0 Å². The zero-order chi connectivity index (χ0) is 15.2. The molecule has 2 aromatic rings. The number of furan rings is 1. The lowest BCUT2D eigenvalue weighted by molar-refractivity contribution is 0.0561. The van der Waals surface area contributed by atoms with Crippen LogP contribution in [0.5, 0.6) is 11.5 Å². The van der Waals surface area contributed by atoms with Crippen molar-refractivity contribution in [1.82, 2.24) is 0 Å². The van der Waals surface area contributed by atoms with Crippen molar-refractivity contribution in [3.63, 3.8) is 0 Å². The first-order valence-electron chi connectivity index (χ1n) is 6.11. The standard InChI is InChI=1S/C15H14O6/c1-18-11-3-5-13(10(7-11)8-16)20-9-12-4-6-14(21-12)15(17)19-2/h3-8H,9H2,1-2H3. The minimum Gasteiger partial charge on any atom is -0.497 e. The molecule has 1 aromatic heterocycles. The number of hydrogen-bond acceptors (Lipinski definition) is 6. The van der Waals surface area contributed by atoms with E-state index < -0.39 is 5.97 Å². The van der Waals surface area contributed by atoms with Crippen molar-refractivity contribution >= 4 is 12.3 Å². The van der Waals surface area contributed by atoms with Gasteiger partial charge in [-0.2, -0.15) is 0 Å². The van der Waals surface area contributed by atoms with Crippen LogP contribution in [0.1, 0.15) is 26.7 Å². The van der Waals surface area contributed by atoms with Gasteiger partial charge in [0.1, 0.15) is 23.9 Å². The molecule has 0 unspecified atom stereocenters. The van der Waals surface area contributed by atoms with Crippen molar-refractivity contribution in [3.8, 4) is 11.5 Å². The van der Waals surface area contributed by atoms with E-state index >= 15 is 0 Å². The monoisotopic (exact) mass is 290 g/mol. The molecule has 0 aliphatic heterocycles. The normalized spacial score (nSPS) is 10.0. The van der Waals surface area contributed by atoms with E-state index in [-0.39, 0.29) is 12.4 Å². The SMILES string of the molecule is COC(=O)c1ccc(COc2ccc(OC)cc2C=O)o1. The van der Waals surface area contributed by atoms with E-state index in [2.05, 4.69) is 4.74 Å². The molecule has 0 atom stereocenters. The van der Waals surface area contributed by atoms with Crippen LogP contribution < -0.4 is 9.47 Å². The summed E-state index contributed by atoms with van der Waals surface area (Å²) >= 11 is 0. The number of hydrogen-bond donors (Lipinski definition) is 0. The molecule has 0 N–H and O–H groups in total. The molecule has 1 aromatic carbocycles. The van der Waals surface area contributed by atoms with Crippen LogP contribution in [-0.4, -0.2) is 26.5 Å². The minimum atomic E-state index is -0.556. The largest absolute Gasteiger partial charge is 0.497 e. The van der Waals surface area contributed by atoms with E-state index in [0.29, 0.717) is 29.1 Å². The number of esters is 1. The molecule has 0 saturated heterocycles. The van der Waals surface area contributed by atoms with Crippen molar-refractivity contribution in [2.45, 2.75) is 6.61 Å². The molecule has 0 spiro atoms. The van der Waals surface area contributed by atoms with Crippen LogP contribution in [0.2, 0.25) is 0 Å². The topological polar surface area (TPSA) is 75.0 Å². The first-order valence-corrected chi connectivity index (χ1v) is 6.11. The fraction of sp³-hybridized carbons (Fsp3) is 0.200. The highest BCUT2D eigenvalue weighted by molar-refractivity contribution is 5.86.